The van der Waals surface area contributed by atoms with Crippen LogP contribution in [-0.4, -0.2) is 70.6 Å². The fraction of sp³-hybridized carbons (Fsp3) is 0.737. The number of carboxylic acids is 2. The Kier molecular flexibility index (Phi) is 13.0. The molecule has 12 heteroatoms. The van der Waals surface area contributed by atoms with Crippen molar-refractivity contribution in [2.75, 3.05) is 6.54 Å². The Morgan fingerprint density at radius 1 is 0.903 bits per heavy atom. The zero-order valence-corrected chi connectivity index (χ0v) is 18.2. The highest BCUT2D eigenvalue weighted by Gasteiger charge is 2.30. The largest absolute Gasteiger partial charge is 0.481 e. The molecule has 0 fully saturated rings. The maximum absolute atomic E-state index is 12.7. The van der Waals surface area contributed by atoms with E-state index in [0.717, 1.165) is 0 Å². The van der Waals surface area contributed by atoms with Gasteiger partial charge < -0.3 is 37.6 Å². The van der Waals surface area contributed by atoms with E-state index in [1.54, 1.807) is 13.8 Å². The monoisotopic (exact) mass is 445 g/mol. The Hall–Kier alpha value is -2.73. The van der Waals surface area contributed by atoms with Gasteiger partial charge in [-0.15, -0.1) is 0 Å². The van der Waals surface area contributed by atoms with Crippen molar-refractivity contribution in [3.63, 3.8) is 0 Å². The van der Waals surface area contributed by atoms with Gasteiger partial charge in [-0.05, 0) is 38.6 Å². The van der Waals surface area contributed by atoms with Crippen LogP contribution in [0.3, 0.4) is 0 Å². The van der Waals surface area contributed by atoms with Gasteiger partial charge in [0.2, 0.25) is 17.7 Å². The fourth-order valence-corrected chi connectivity index (χ4v) is 2.66. The van der Waals surface area contributed by atoms with Crippen molar-refractivity contribution in [2.45, 2.75) is 77.0 Å². The molecule has 0 aromatic carbocycles. The summed E-state index contributed by atoms with van der Waals surface area (Å²) in [4.78, 5) is 59.2. The predicted octanol–water partition coefficient (Wildman–Crippen LogP) is -1.48. The third-order valence-corrected chi connectivity index (χ3v) is 4.84. The molecule has 0 saturated carbocycles. The summed E-state index contributed by atoms with van der Waals surface area (Å²) in [6, 6.07) is -4.57. The molecular formula is C19H35N5O7. The van der Waals surface area contributed by atoms with Crippen molar-refractivity contribution >= 4 is 29.7 Å². The summed E-state index contributed by atoms with van der Waals surface area (Å²) < 4.78 is 0. The molecule has 5 unspecified atom stereocenters. The number of rotatable bonds is 15. The minimum atomic E-state index is -1.33. The summed E-state index contributed by atoms with van der Waals surface area (Å²) >= 11 is 0. The number of amides is 3. The summed E-state index contributed by atoms with van der Waals surface area (Å²) in [5.74, 6) is -4.93. The SMILES string of the molecule is CCC(C)C(NC(=O)C(CCCCN)NC(=O)C(C)NC(=O)C(N)CC(=O)O)C(=O)O. The van der Waals surface area contributed by atoms with Gasteiger partial charge in [0.25, 0.3) is 0 Å². The lowest BCUT2D eigenvalue weighted by Gasteiger charge is -2.25. The third kappa shape index (κ3) is 10.7. The van der Waals surface area contributed by atoms with Gasteiger partial charge in [0.15, 0.2) is 0 Å². The van der Waals surface area contributed by atoms with E-state index >= 15 is 0 Å². The Balaban J connectivity index is 5.17. The number of carbonyl (C=O) groups is 5. The van der Waals surface area contributed by atoms with Gasteiger partial charge in [-0.25, -0.2) is 4.79 Å². The number of carboxylic acid groups (broad SMARTS) is 2. The molecule has 0 saturated heterocycles. The van der Waals surface area contributed by atoms with E-state index in [2.05, 4.69) is 16.0 Å². The number of nitrogens with two attached hydrogens (primary N) is 2. The highest BCUT2D eigenvalue weighted by Crippen LogP contribution is 2.10. The normalized spacial score (nSPS) is 15.6. The Labute approximate surface area is 181 Å². The van der Waals surface area contributed by atoms with Crippen LogP contribution in [0.25, 0.3) is 0 Å². The Bertz CT molecular complexity index is 643. The van der Waals surface area contributed by atoms with E-state index in [1.807, 2.05) is 0 Å². The van der Waals surface area contributed by atoms with Gasteiger partial charge in [0.1, 0.15) is 18.1 Å². The molecule has 0 radical (unpaired) electrons. The summed E-state index contributed by atoms with van der Waals surface area (Å²) in [6.45, 7) is 5.24. The van der Waals surface area contributed by atoms with E-state index in [0.29, 0.717) is 25.8 Å². The fourth-order valence-electron chi connectivity index (χ4n) is 2.66. The molecule has 0 spiro atoms. The van der Waals surface area contributed by atoms with E-state index in [9.17, 15) is 29.1 Å². The van der Waals surface area contributed by atoms with Gasteiger partial charge in [-0.2, -0.15) is 0 Å². The topological polar surface area (TPSA) is 214 Å². The van der Waals surface area contributed by atoms with Crippen LogP contribution in [0.1, 0.15) is 52.9 Å². The molecular weight excluding hydrogens is 410 g/mol. The van der Waals surface area contributed by atoms with Crippen LogP contribution in [0.4, 0.5) is 0 Å². The van der Waals surface area contributed by atoms with Crippen molar-refractivity contribution in [3.8, 4) is 0 Å². The maximum atomic E-state index is 12.7. The molecule has 0 aliphatic carbocycles. The number of unbranched alkanes of at least 4 members (excludes halogenated alkanes) is 1. The second-order valence-electron chi connectivity index (χ2n) is 7.49. The average molecular weight is 446 g/mol. The number of aliphatic carboxylic acids is 2. The van der Waals surface area contributed by atoms with Gasteiger partial charge in [-0.3, -0.25) is 19.2 Å². The molecule has 0 rings (SSSR count). The van der Waals surface area contributed by atoms with Crippen molar-refractivity contribution in [1.82, 2.24) is 16.0 Å². The molecule has 0 bridgehead atoms. The van der Waals surface area contributed by atoms with E-state index in [-0.39, 0.29) is 12.3 Å². The number of carbonyl (C=O) groups excluding carboxylic acids is 3. The molecule has 31 heavy (non-hydrogen) atoms. The molecule has 9 N–H and O–H groups in total. The van der Waals surface area contributed by atoms with Crippen LogP contribution in [0.15, 0.2) is 0 Å². The maximum Gasteiger partial charge on any atom is 0.326 e. The van der Waals surface area contributed by atoms with Crippen LogP contribution in [0, 0.1) is 5.92 Å². The lowest BCUT2D eigenvalue weighted by molar-refractivity contribution is -0.144. The van der Waals surface area contributed by atoms with Gasteiger partial charge in [-0.1, -0.05) is 20.3 Å². The van der Waals surface area contributed by atoms with E-state index < -0.39 is 60.2 Å². The number of hydrogen-bond acceptors (Lipinski definition) is 7. The van der Waals surface area contributed by atoms with E-state index in [4.69, 9.17) is 16.6 Å². The van der Waals surface area contributed by atoms with Crippen molar-refractivity contribution in [3.05, 3.63) is 0 Å². The van der Waals surface area contributed by atoms with Gasteiger partial charge in [0, 0.05) is 0 Å². The predicted molar refractivity (Wildman–Crippen MR) is 112 cm³/mol. The van der Waals surface area contributed by atoms with Gasteiger partial charge >= 0.3 is 11.9 Å². The summed E-state index contributed by atoms with van der Waals surface area (Å²) in [6.07, 6.45) is 1.27. The smallest absolute Gasteiger partial charge is 0.326 e. The standard InChI is InChI=1S/C19H35N5O7/c1-4-10(2)15(19(30)31)24-18(29)13(7-5-6-8-20)23-16(27)11(3)22-17(28)12(21)9-14(25)26/h10-13,15H,4-9,20-21H2,1-3H3,(H,22,28)(H,23,27)(H,24,29)(H,25,26)(H,30,31). The Morgan fingerprint density at radius 3 is 2.00 bits per heavy atom. The molecule has 5 atom stereocenters. The van der Waals surface area contributed by atoms with Crippen molar-refractivity contribution in [1.29, 1.82) is 0 Å². The third-order valence-electron chi connectivity index (χ3n) is 4.84. The van der Waals surface area contributed by atoms with Crippen LogP contribution in [-0.2, 0) is 24.0 Å². The molecule has 12 nitrogen and oxygen atoms in total. The lowest BCUT2D eigenvalue weighted by atomic mass is 9.98. The average Bonchev–Trinajstić information content (AvgIpc) is 2.69. The molecule has 0 aliphatic rings. The second-order valence-corrected chi connectivity index (χ2v) is 7.49. The van der Waals surface area contributed by atoms with Crippen LogP contribution < -0.4 is 27.4 Å². The highest BCUT2D eigenvalue weighted by molar-refractivity contribution is 5.94. The summed E-state index contributed by atoms with van der Waals surface area (Å²) in [5, 5.41) is 25.3. The minimum absolute atomic E-state index is 0.223. The van der Waals surface area contributed by atoms with Crippen LogP contribution >= 0.6 is 0 Å². The molecule has 0 aliphatic heterocycles. The van der Waals surface area contributed by atoms with Gasteiger partial charge in [0.05, 0.1) is 12.5 Å². The first-order chi connectivity index (χ1) is 14.4. The molecule has 0 aromatic rings. The molecule has 178 valence electrons. The molecule has 0 heterocycles. The van der Waals surface area contributed by atoms with Crippen LogP contribution in [0.2, 0.25) is 0 Å². The molecule has 0 aromatic heterocycles. The first-order valence-corrected chi connectivity index (χ1v) is 10.3. The number of nitrogens with one attached hydrogen (secondary N) is 3. The van der Waals surface area contributed by atoms with E-state index in [1.165, 1.54) is 6.92 Å². The zero-order valence-electron chi connectivity index (χ0n) is 18.2. The van der Waals surface area contributed by atoms with Crippen molar-refractivity contribution in [2.24, 2.45) is 17.4 Å². The minimum Gasteiger partial charge on any atom is -0.481 e. The first kappa shape index (κ1) is 28.3. The Morgan fingerprint density at radius 2 is 1.52 bits per heavy atom. The zero-order chi connectivity index (χ0) is 24.1. The lowest BCUT2D eigenvalue weighted by Crippen LogP contribution is -2.57. The van der Waals surface area contributed by atoms with Crippen molar-refractivity contribution < 1.29 is 34.2 Å². The summed E-state index contributed by atoms with van der Waals surface area (Å²) in [7, 11) is 0. The highest BCUT2D eigenvalue weighted by atomic mass is 16.4. The second kappa shape index (κ2) is 14.3. The molecule has 3 amide bonds. The first-order valence-electron chi connectivity index (χ1n) is 10.3. The summed E-state index contributed by atoms with van der Waals surface area (Å²) in [5.41, 5.74) is 10.9. The van der Waals surface area contributed by atoms with Crippen LogP contribution in [0.5, 0.6) is 0 Å². The quantitative estimate of drug-likeness (QED) is 0.146. The number of hydrogen-bond donors (Lipinski definition) is 7.